The van der Waals surface area contributed by atoms with E-state index in [0.29, 0.717) is 13.1 Å². The zero-order valence-corrected chi connectivity index (χ0v) is 10.9. The van der Waals surface area contributed by atoms with Gasteiger partial charge in [-0.2, -0.15) is 0 Å². The topological polar surface area (TPSA) is 59.6 Å². The lowest BCUT2D eigenvalue weighted by Gasteiger charge is -2.18. The third-order valence-corrected chi connectivity index (χ3v) is 3.19. The summed E-state index contributed by atoms with van der Waals surface area (Å²) in [5, 5.41) is 5.95. The lowest BCUT2D eigenvalue weighted by Crippen LogP contribution is -2.43. The molecule has 0 aromatic heterocycles. The van der Waals surface area contributed by atoms with Crippen LogP contribution in [0.15, 0.2) is 18.2 Å². The molecule has 2 rings (SSSR count). The van der Waals surface area contributed by atoms with E-state index in [1.54, 1.807) is 7.11 Å². The molecule has 1 aliphatic rings. The van der Waals surface area contributed by atoms with Gasteiger partial charge in [0, 0.05) is 25.8 Å². The lowest BCUT2D eigenvalue weighted by molar-refractivity contribution is 0.0779. The molecule has 0 spiro atoms. The second kappa shape index (κ2) is 5.99. The van der Waals surface area contributed by atoms with Crippen molar-refractivity contribution in [3.05, 3.63) is 29.6 Å². The minimum atomic E-state index is -0.553. The van der Waals surface area contributed by atoms with Gasteiger partial charge in [-0.05, 0) is 18.2 Å². The molecule has 2 atom stereocenters. The molecule has 0 aliphatic carbocycles. The lowest BCUT2D eigenvalue weighted by atomic mass is 10.1. The summed E-state index contributed by atoms with van der Waals surface area (Å²) in [4.78, 5) is 12.0. The quantitative estimate of drug-likeness (QED) is 0.837. The molecule has 1 aliphatic heterocycles. The van der Waals surface area contributed by atoms with E-state index in [1.165, 1.54) is 25.3 Å². The molecule has 5 nitrogen and oxygen atoms in total. The van der Waals surface area contributed by atoms with Gasteiger partial charge in [0.1, 0.15) is 0 Å². The maximum absolute atomic E-state index is 13.5. The number of amides is 1. The number of carbonyl (C=O) groups is 1. The predicted octanol–water partition coefficient (Wildman–Crippen LogP) is 0.551. The van der Waals surface area contributed by atoms with Crippen molar-refractivity contribution in [2.45, 2.75) is 12.1 Å². The van der Waals surface area contributed by atoms with Crippen LogP contribution in [0.1, 0.15) is 10.4 Å². The van der Waals surface area contributed by atoms with Crippen LogP contribution >= 0.6 is 0 Å². The number of ether oxygens (including phenoxy) is 2. The second-order valence-corrected chi connectivity index (χ2v) is 4.36. The predicted molar refractivity (Wildman–Crippen MR) is 67.9 cm³/mol. The van der Waals surface area contributed by atoms with Gasteiger partial charge in [0.05, 0.1) is 19.3 Å². The fourth-order valence-corrected chi connectivity index (χ4v) is 2.11. The highest BCUT2D eigenvalue weighted by Crippen LogP contribution is 2.18. The Morgan fingerprint density at radius 3 is 2.84 bits per heavy atom. The minimum Gasteiger partial charge on any atom is -0.494 e. The summed E-state index contributed by atoms with van der Waals surface area (Å²) in [5.41, 5.74) is 0.264. The Balaban J connectivity index is 2.05. The van der Waals surface area contributed by atoms with Crippen molar-refractivity contribution in [3.63, 3.8) is 0 Å². The molecule has 2 N–H and O–H groups in total. The monoisotopic (exact) mass is 268 g/mol. The number of methoxy groups -OCH3 is 2. The first-order chi connectivity index (χ1) is 9.15. The first kappa shape index (κ1) is 13.8. The molecule has 1 unspecified atom stereocenters. The van der Waals surface area contributed by atoms with Crippen molar-refractivity contribution in [3.8, 4) is 5.75 Å². The van der Waals surface area contributed by atoms with Crippen LogP contribution in [0.25, 0.3) is 0 Å². The number of hydrogen-bond donors (Lipinski definition) is 2. The average Bonchev–Trinajstić information content (AvgIpc) is 2.85. The molecular weight excluding hydrogens is 251 g/mol. The van der Waals surface area contributed by atoms with E-state index in [4.69, 9.17) is 9.47 Å². The highest BCUT2D eigenvalue weighted by molar-refractivity contribution is 5.94. The van der Waals surface area contributed by atoms with Gasteiger partial charge in [-0.25, -0.2) is 4.39 Å². The molecule has 0 saturated carbocycles. The largest absolute Gasteiger partial charge is 0.494 e. The first-order valence-electron chi connectivity index (χ1n) is 6.03. The Hall–Kier alpha value is -1.66. The summed E-state index contributed by atoms with van der Waals surface area (Å²) < 4.78 is 23.6. The number of hydrogen-bond acceptors (Lipinski definition) is 4. The highest BCUT2D eigenvalue weighted by Gasteiger charge is 2.28. The Labute approximate surface area is 111 Å². The molecular formula is C13H17FN2O3. The number of rotatable bonds is 4. The van der Waals surface area contributed by atoms with Crippen LogP contribution in [0.4, 0.5) is 4.39 Å². The summed E-state index contributed by atoms with van der Waals surface area (Å²) in [7, 11) is 2.98. The molecule has 1 amide bonds. The number of carbonyl (C=O) groups excluding carboxylic acids is 1. The van der Waals surface area contributed by atoms with Crippen LogP contribution < -0.4 is 15.4 Å². The molecule has 0 bridgehead atoms. The van der Waals surface area contributed by atoms with Gasteiger partial charge < -0.3 is 20.1 Å². The highest BCUT2D eigenvalue weighted by atomic mass is 19.1. The Bertz CT molecular complexity index is 467. The molecule has 19 heavy (non-hydrogen) atoms. The van der Waals surface area contributed by atoms with Crippen molar-refractivity contribution in [1.82, 2.24) is 10.6 Å². The zero-order chi connectivity index (χ0) is 13.8. The molecule has 1 heterocycles. The zero-order valence-electron chi connectivity index (χ0n) is 10.9. The Kier molecular flexibility index (Phi) is 4.34. The van der Waals surface area contributed by atoms with Crippen molar-refractivity contribution in [1.29, 1.82) is 0 Å². The number of nitrogens with one attached hydrogen (secondary N) is 2. The van der Waals surface area contributed by atoms with Gasteiger partial charge in [-0.15, -0.1) is 0 Å². The van der Waals surface area contributed by atoms with E-state index in [-0.39, 0.29) is 29.4 Å². The van der Waals surface area contributed by atoms with E-state index >= 15 is 0 Å². The summed E-state index contributed by atoms with van der Waals surface area (Å²) in [6.07, 6.45) is -0.0629. The minimum absolute atomic E-state index is 0.0629. The van der Waals surface area contributed by atoms with Gasteiger partial charge >= 0.3 is 0 Å². The fraction of sp³-hybridized carbons (Fsp3) is 0.462. The van der Waals surface area contributed by atoms with Gasteiger partial charge in [-0.1, -0.05) is 0 Å². The Morgan fingerprint density at radius 2 is 2.21 bits per heavy atom. The molecule has 1 saturated heterocycles. The first-order valence-corrected chi connectivity index (χ1v) is 6.03. The third-order valence-electron chi connectivity index (χ3n) is 3.19. The van der Waals surface area contributed by atoms with Crippen LogP contribution in [0, 0.1) is 5.82 Å². The van der Waals surface area contributed by atoms with Gasteiger partial charge in [0.25, 0.3) is 5.91 Å². The van der Waals surface area contributed by atoms with Crippen LogP contribution in [0.3, 0.4) is 0 Å². The molecule has 6 heteroatoms. The molecule has 1 fully saturated rings. The maximum Gasteiger partial charge on any atom is 0.251 e. The SMILES string of the molecule is COc1ccc(C(=O)NC2CNC[C@@H]2OC)cc1F. The van der Waals surface area contributed by atoms with Crippen LogP contribution in [0.5, 0.6) is 5.75 Å². The number of benzene rings is 1. The van der Waals surface area contributed by atoms with E-state index in [0.717, 1.165) is 0 Å². The van der Waals surface area contributed by atoms with Crippen molar-refractivity contribution >= 4 is 5.91 Å². The van der Waals surface area contributed by atoms with E-state index in [9.17, 15) is 9.18 Å². The summed E-state index contributed by atoms with van der Waals surface area (Å²) >= 11 is 0. The average molecular weight is 268 g/mol. The molecule has 104 valence electrons. The summed E-state index contributed by atoms with van der Waals surface area (Å²) in [6, 6.07) is 4.02. The maximum atomic E-state index is 13.5. The van der Waals surface area contributed by atoms with Gasteiger partial charge in [0.15, 0.2) is 11.6 Å². The van der Waals surface area contributed by atoms with E-state index < -0.39 is 5.82 Å². The second-order valence-electron chi connectivity index (χ2n) is 4.36. The van der Waals surface area contributed by atoms with Crippen LogP contribution in [-0.4, -0.2) is 45.4 Å². The molecule has 1 aromatic rings. The van der Waals surface area contributed by atoms with E-state index in [1.807, 2.05) is 0 Å². The van der Waals surface area contributed by atoms with Gasteiger partial charge in [-0.3, -0.25) is 4.79 Å². The number of halogens is 1. The van der Waals surface area contributed by atoms with Crippen molar-refractivity contribution in [2.24, 2.45) is 0 Å². The van der Waals surface area contributed by atoms with E-state index in [2.05, 4.69) is 10.6 Å². The van der Waals surface area contributed by atoms with Gasteiger partial charge in [0.2, 0.25) is 0 Å². The fourth-order valence-electron chi connectivity index (χ4n) is 2.11. The summed E-state index contributed by atoms with van der Waals surface area (Å²) in [5.74, 6) is -0.755. The standard InChI is InChI=1S/C13H17FN2O3/c1-18-11-4-3-8(5-9(11)14)13(17)16-10-6-15-7-12(10)19-2/h3-5,10,12,15H,6-7H2,1-2H3,(H,16,17)/t10?,12-/m0/s1. The van der Waals surface area contributed by atoms with Crippen LogP contribution in [-0.2, 0) is 4.74 Å². The third kappa shape index (κ3) is 3.02. The molecule has 0 radical (unpaired) electrons. The van der Waals surface area contributed by atoms with Crippen LogP contribution in [0.2, 0.25) is 0 Å². The Morgan fingerprint density at radius 1 is 1.42 bits per heavy atom. The normalized spacial score (nSPS) is 22.3. The smallest absolute Gasteiger partial charge is 0.251 e. The van der Waals surface area contributed by atoms with Crippen molar-refractivity contribution in [2.75, 3.05) is 27.3 Å². The molecule has 1 aromatic carbocycles. The summed E-state index contributed by atoms with van der Waals surface area (Å²) in [6.45, 7) is 1.33. The van der Waals surface area contributed by atoms with Crippen molar-refractivity contribution < 1.29 is 18.7 Å².